The Balaban J connectivity index is 1.72. The van der Waals surface area contributed by atoms with E-state index in [-0.39, 0.29) is 11.4 Å². The highest BCUT2D eigenvalue weighted by Gasteiger charge is 2.13. The van der Waals surface area contributed by atoms with Crippen LogP contribution in [0.25, 0.3) is 0 Å². The van der Waals surface area contributed by atoms with Crippen molar-refractivity contribution in [1.82, 2.24) is 9.97 Å². The molecule has 0 aliphatic carbocycles. The van der Waals surface area contributed by atoms with Gasteiger partial charge in [0.15, 0.2) is 0 Å². The molecule has 0 saturated carbocycles. The third-order valence-corrected chi connectivity index (χ3v) is 3.68. The molecule has 2 aromatic carbocycles. The number of carbonyl (C=O) groups is 1. The van der Waals surface area contributed by atoms with Crippen molar-refractivity contribution in [2.75, 3.05) is 24.9 Å². The van der Waals surface area contributed by atoms with Crippen molar-refractivity contribution in [2.45, 2.75) is 0 Å². The van der Waals surface area contributed by atoms with E-state index in [0.29, 0.717) is 23.0 Å². The van der Waals surface area contributed by atoms with Crippen LogP contribution in [0.4, 0.5) is 21.6 Å². The van der Waals surface area contributed by atoms with Crippen LogP contribution in [0, 0.1) is 5.82 Å². The molecule has 0 spiro atoms. The fourth-order valence-electron chi connectivity index (χ4n) is 2.30. The van der Waals surface area contributed by atoms with Crippen LogP contribution in [-0.4, -0.2) is 30.1 Å². The van der Waals surface area contributed by atoms with E-state index in [0.717, 1.165) is 0 Å². The number of anilines is 3. The van der Waals surface area contributed by atoms with Gasteiger partial charge >= 0.3 is 0 Å². The normalized spacial score (nSPS) is 10.2. The summed E-state index contributed by atoms with van der Waals surface area (Å²) in [4.78, 5) is 20.5. The molecule has 0 aliphatic rings. The van der Waals surface area contributed by atoms with Gasteiger partial charge in [0.1, 0.15) is 28.8 Å². The van der Waals surface area contributed by atoms with E-state index >= 15 is 0 Å². The molecule has 1 amide bonds. The zero-order chi connectivity index (χ0) is 19.2. The van der Waals surface area contributed by atoms with Gasteiger partial charge in [0.25, 0.3) is 5.91 Å². The molecular weight excluding hydrogens is 351 g/mol. The molecule has 0 saturated heterocycles. The number of hydrogen-bond donors (Lipinski definition) is 2. The monoisotopic (exact) mass is 368 g/mol. The minimum atomic E-state index is -0.455. The average molecular weight is 368 g/mol. The molecule has 3 rings (SSSR count). The first-order valence-corrected chi connectivity index (χ1v) is 7.97. The van der Waals surface area contributed by atoms with Gasteiger partial charge in [0.05, 0.1) is 38.0 Å². The second-order valence-electron chi connectivity index (χ2n) is 5.41. The van der Waals surface area contributed by atoms with Crippen LogP contribution in [0.5, 0.6) is 11.5 Å². The smallest absolute Gasteiger partial charge is 0.275 e. The molecule has 3 aromatic rings. The molecular formula is C19H17FN4O3. The SMILES string of the molecule is COc1ccc(NC(=O)c2cnc(Nc3ccccc3F)cn2)c(OC)c1. The summed E-state index contributed by atoms with van der Waals surface area (Å²) in [6, 6.07) is 11.2. The van der Waals surface area contributed by atoms with Gasteiger partial charge in [0, 0.05) is 6.07 Å². The van der Waals surface area contributed by atoms with Crippen LogP contribution in [0.3, 0.4) is 0 Å². The van der Waals surface area contributed by atoms with Gasteiger partial charge in [-0.1, -0.05) is 12.1 Å². The molecule has 0 aliphatic heterocycles. The van der Waals surface area contributed by atoms with Gasteiger partial charge in [-0.25, -0.2) is 14.4 Å². The first-order chi connectivity index (χ1) is 13.1. The van der Waals surface area contributed by atoms with E-state index in [4.69, 9.17) is 9.47 Å². The fraction of sp³-hybridized carbons (Fsp3) is 0.105. The summed E-state index contributed by atoms with van der Waals surface area (Å²) in [7, 11) is 3.03. The lowest BCUT2D eigenvalue weighted by Gasteiger charge is -2.11. The average Bonchev–Trinajstić information content (AvgIpc) is 2.70. The highest BCUT2D eigenvalue weighted by atomic mass is 19.1. The predicted octanol–water partition coefficient (Wildman–Crippen LogP) is 3.63. The Hall–Kier alpha value is -3.68. The van der Waals surface area contributed by atoms with Gasteiger partial charge in [0.2, 0.25) is 0 Å². The van der Waals surface area contributed by atoms with E-state index in [1.165, 1.54) is 25.6 Å². The summed E-state index contributed by atoms with van der Waals surface area (Å²) in [6.45, 7) is 0. The molecule has 1 heterocycles. The number of aromatic nitrogens is 2. The van der Waals surface area contributed by atoms with Crippen molar-refractivity contribution >= 4 is 23.1 Å². The van der Waals surface area contributed by atoms with Crippen LogP contribution in [-0.2, 0) is 0 Å². The maximum absolute atomic E-state index is 13.7. The summed E-state index contributed by atoms with van der Waals surface area (Å²) >= 11 is 0. The second-order valence-corrected chi connectivity index (χ2v) is 5.41. The Morgan fingerprint density at radius 3 is 2.48 bits per heavy atom. The maximum Gasteiger partial charge on any atom is 0.275 e. The summed E-state index contributed by atoms with van der Waals surface area (Å²) in [5, 5.41) is 5.51. The highest BCUT2D eigenvalue weighted by molar-refractivity contribution is 6.03. The Kier molecular flexibility index (Phi) is 5.46. The lowest BCUT2D eigenvalue weighted by atomic mass is 10.2. The number of halogens is 1. The molecule has 2 N–H and O–H groups in total. The molecule has 0 atom stereocenters. The second kappa shape index (κ2) is 8.13. The van der Waals surface area contributed by atoms with Crippen molar-refractivity contribution in [3.8, 4) is 11.5 Å². The standard InChI is InChI=1S/C19H17FN4O3/c1-26-12-7-8-15(17(9-12)27-2)24-19(25)16-10-22-18(11-21-16)23-14-6-4-3-5-13(14)20/h3-11H,1-2H3,(H,22,23)(H,24,25). The number of rotatable bonds is 6. The number of methoxy groups -OCH3 is 2. The fourth-order valence-corrected chi connectivity index (χ4v) is 2.30. The molecule has 7 nitrogen and oxygen atoms in total. The zero-order valence-corrected chi connectivity index (χ0v) is 14.7. The molecule has 0 bridgehead atoms. The minimum Gasteiger partial charge on any atom is -0.497 e. The topological polar surface area (TPSA) is 85.4 Å². The van der Waals surface area contributed by atoms with Crippen LogP contribution in [0.15, 0.2) is 54.9 Å². The van der Waals surface area contributed by atoms with E-state index in [2.05, 4.69) is 20.6 Å². The van der Waals surface area contributed by atoms with Crippen molar-refractivity contribution in [3.63, 3.8) is 0 Å². The lowest BCUT2D eigenvalue weighted by molar-refractivity contribution is 0.102. The number of ether oxygens (including phenoxy) is 2. The summed E-state index contributed by atoms with van der Waals surface area (Å²) in [5.41, 5.74) is 0.845. The van der Waals surface area contributed by atoms with Crippen LogP contribution < -0.4 is 20.1 Å². The molecule has 27 heavy (non-hydrogen) atoms. The number of hydrogen-bond acceptors (Lipinski definition) is 6. The van der Waals surface area contributed by atoms with Crippen LogP contribution in [0.2, 0.25) is 0 Å². The van der Waals surface area contributed by atoms with Crippen LogP contribution >= 0.6 is 0 Å². The van der Waals surface area contributed by atoms with Gasteiger partial charge in [-0.05, 0) is 24.3 Å². The Labute approximate surface area is 155 Å². The minimum absolute atomic E-state index is 0.104. The zero-order valence-electron chi connectivity index (χ0n) is 14.7. The quantitative estimate of drug-likeness (QED) is 0.691. The van der Waals surface area contributed by atoms with Crippen LogP contribution in [0.1, 0.15) is 10.5 Å². The van der Waals surface area contributed by atoms with Gasteiger partial charge < -0.3 is 20.1 Å². The number of amides is 1. The Morgan fingerprint density at radius 1 is 1.00 bits per heavy atom. The lowest BCUT2D eigenvalue weighted by Crippen LogP contribution is -2.15. The molecule has 1 aromatic heterocycles. The molecule has 0 fully saturated rings. The molecule has 0 radical (unpaired) electrons. The van der Waals surface area contributed by atoms with Gasteiger partial charge in [-0.3, -0.25) is 4.79 Å². The van der Waals surface area contributed by atoms with E-state index in [1.54, 1.807) is 43.5 Å². The summed E-state index contributed by atoms with van der Waals surface area (Å²) < 4.78 is 24.0. The third kappa shape index (κ3) is 4.30. The van der Waals surface area contributed by atoms with E-state index < -0.39 is 11.7 Å². The molecule has 138 valence electrons. The number of para-hydroxylation sites is 1. The van der Waals surface area contributed by atoms with Gasteiger partial charge in [-0.2, -0.15) is 0 Å². The first kappa shape index (κ1) is 18.1. The van der Waals surface area contributed by atoms with Crippen molar-refractivity contribution in [3.05, 3.63) is 66.4 Å². The van der Waals surface area contributed by atoms with Crippen molar-refractivity contribution in [1.29, 1.82) is 0 Å². The van der Waals surface area contributed by atoms with Gasteiger partial charge in [-0.15, -0.1) is 0 Å². The molecule has 8 heteroatoms. The first-order valence-electron chi connectivity index (χ1n) is 7.97. The summed E-state index contributed by atoms with van der Waals surface area (Å²) in [5.74, 6) is 0.511. The maximum atomic E-state index is 13.7. The number of nitrogens with one attached hydrogen (secondary N) is 2. The largest absolute Gasteiger partial charge is 0.497 e. The third-order valence-electron chi connectivity index (χ3n) is 3.68. The van der Waals surface area contributed by atoms with Crippen molar-refractivity contribution in [2.24, 2.45) is 0 Å². The van der Waals surface area contributed by atoms with E-state index in [9.17, 15) is 9.18 Å². The highest BCUT2D eigenvalue weighted by Crippen LogP contribution is 2.29. The number of carbonyl (C=O) groups excluding carboxylic acids is 1. The summed E-state index contributed by atoms with van der Waals surface area (Å²) in [6.07, 6.45) is 2.65. The van der Waals surface area contributed by atoms with E-state index in [1.807, 2.05) is 0 Å². The number of nitrogens with zero attached hydrogens (tertiary/aromatic N) is 2. The predicted molar refractivity (Wildman–Crippen MR) is 99.2 cm³/mol. The molecule has 0 unspecified atom stereocenters. The number of benzene rings is 2. The Bertz CT molecular complexity index is 948. The van der Waals surface area contributed by atoms with Crippen molar-refractivity contribution < 1.29 is 18.7 Å². The Morgan fingerprint density at radius 2 is 1.81 bits per heavy atom.